The molecule has 240 valence electrons. The lowest BCUT2D eigenvalue weighted by Crippen LogP contribution is -2.46. The lowest BCUT2D eigenvalue weighted by atomic mass is 9.89. The Bertz CT molecular complexity index is 2060. The number of carbonyl (C=O) groups is 1. The van der Waals surface area contributed by atoms with E-state index >= 15 is 0 Å². The first-order chi connectivity index (χ1) is 22.9. The number of carbonyl (C=O) groups excluding carboxylic acids is 1. The van der Waals surface area contributed by atoms with Crippen LogP contribution in [0.3, 0.4) is 0 Å². The third kappa shape index (κ3) is 5.79. The second-order valence-electron chi connectivity index (χ2n) is 12.2. The normalized spacial score (nSPS) is 15.0. The van der Waals surface area contributed by atoms with E-state index in [2.05, 4.69) is 64.3 Å². The molecular formula is C39H39N3O5. The smallest absolute Gasteiger partial charge is 0.342 e. The van der Waals surface area contributed by atoms with Crippen molar-refractivity contribution in [3.63, 3.8) is 0 Å². The number of aryl methyl sites for hydroxylation is 1. The highest BCUT2D eigenvalue weighted by atomic mass is 16.5. The van der Waals surface area contributed by atoms with Gasteiger partial charge in [-0.2, -0.15) is 0 Å². The van der Waals surface area contributed by atoms with Crippen molar-refractivity contribution in [1.29, 1.82) is 0 Å². The standard InChI is InChI=1S/C39H39N3O5/c1-4-45-39(44)33-25(2)47-38-31-13-12-29(46-23-16-27-10-7-9-26-8-5-6-11-30(26)27)24-32(31)37(43)35(34(33)38)36(28-14-17-40-18-15-28)42-21-19-41(3)20-22-42/h5-15,17-18,24,36,43H,4,16,19-23H2,1-3H3. The average Bonchev–Trinajstić information content (AvgIpc) is 3.44. The molecule has 4 aromatic carbocycles. The predicted octanol–water partition coefficient (Wildman–Crippen LogP) is 7.28. The van der Waals surface area contributed by atoms with Crippen molar-refractivity contribution in [2.45, 2.75) is 26.3 Å². The van der Waals surface area contributed by atoms with Crippen LogP contribution in [0.2, 0.25) is 0 Å². The molecule has 7 rings (SSSR count). The summed E-state index contributed by atoms with van der Waals surface area (Å²) in [5.41, 5.74) is 3.70. The van der Waals surface area contributed by atoms with Crippen LogP contribution in [0, 0.1) is 6.92 Å². The van der Waals surface area contributed by atoms with Crippen molar-refractivity contribution < 1.29 is 23.8 Å². The van der Waals surface area contributed by atoms with E-state index in [0.29, 0.717) is 51.0 Å². The van der Waals surface area contributed by atoms with Crippen LogP contribution < -0.4 is 4.74 Å². The van der Waals surface area contributed by atoms with E-state index in [1.165, 1.54) is 16.3 Å². The first-order valence-corrected chi connectivity index (χ1v) is 16.2. The number of aromatic hydroxyl groups is 1. The summed E-state index contributed by atoms with van der Waals surface area (Å²) >= 11 is 0. The highest BCUT2D eigenvalue weighted by Crippen LogP contribution is 2.48. The van der Waals surface area contributed by atoms with Crippen LogP contribution in [0.4, 0.5) is 0 Å². The van der Waals surface area contributed by atoms with E-state index in [9.17, 15) is 9.90 Å². The molecule has 47 heavy (non-hydrogen) atoms. The first kappa shape index (κ1) is 30.7. The number of furan rings is 1. The summed E-state index contributed by atoms with van der Waals surface area (Å²) < 4.78 is 18.2. The average molecular weight is 630 g/mol. The third-order valence-electron chi connectivity index (χ3n) is 9.30. The maximum atomic E-state index is 13.5. The van der Waals surface area contributed by atoms with Crippen LogP contribution in [0.5, 0.6) is 11.5 Å². The van der Waals surface area contributed by atoms with Gasteiger partial charge in [-0.05, 0) is 73.1 Å². The van der Waals surface area contributed by atoms with Gasteiger partial charge in [-0.3, -0.25) is 9.88 Å². The quantitative estimate of drug-likeness (QED) is 0.167. The number of rotatable bonds is 9. The molecule has 8 heteroatoms. The van der Waals surface area contributed by atoms with Gasteiger partial charge >= 0.3 is 5.97 Å². The summed E-state index contributed by atoms with van der Waals surface area (Å²) in [5.74, 6) is 0.726. The number of fused-ring (bicyclic) bond motifs is 4. The Morgan fingerprint density at radius 3 is 2.51 bits per heavy atom. The van der Waals surface area contributed by atoms with Gasteiger partial charge in [0.05, 0.1) is 19.3 Å². The molecule has 0 bridgehead atoms. The van der Waals surface area contributed by atoms with Crippen molar-refractivity contribution in [2.24, 2.45) is 0 Å². The van der Waals surface area contributed by atoms with E-state index in [1.54, 1.807) is 26.2 Å². The Hall–Kier alpha value is -4.92. The summed E-state index contributed by atoms with van der Waals surface area (Å²) in [6.07, 6.45) is 4.27. The molecule has 1 aliphatic heterocycles. The monoisotopic (exact) mass is 629 g/mol. The molecule has 1 N–H and O–H groups in total. The number of likely N-dealkylation sites (N-methyl/N-ethyl adjacent to an activating group) is 1. The van der Waals surface area contributed by atoms with Crippen molar-refractivity contribution in [3.8, 4) is 11.5 Å². The number of phenolic OH excluding ortho intramolecular Hbond substituents is 1. The van der Waals surface area contributed by atoms with Gasteiger partial charge in [-0.1, -0.05) is 42.5 Å². The van der Waals surface area contributed by atoms with Crippen molar-refractivity contribution in [2.75, 3.05) is 46.4 Å². The summed E-state index contributed by atoms with van der Waals surface area (Å²) in [5, 5.41) is 16.7. The van der Waals surface area contributed by atoms with Crippen LogP contribution >= 0.6 is 0 Å². The van der Waals surface area contributed by atoms with E-state index < -0.39 is 5.97 Å². The molecule has 1 atom stereocenters. The van der Waals surface area contributed by atoms with E-state index in [-0.39, 0.29) is 18.4 Å². The van der Waals surface area contributed by atoms with Crippen LogP contribution in [0.25, 0.3) is 32.5 Å². The van der Waals surface area contributed by atoms with Crippen LogP contribution in [0.1, 0.15) is 45.8 Å². The molecule has 0 saturated carbocycles. The SMILES string of the molecule is CCOC(=O)c1c(C)oc2c1c(C(c1ccncc1)N1CCN(C)CC1)c(O)c1cc(OCCc3cccc4ccccc34)ccc12. The largest absolute Gasteiger partial charge is 0.507 e. The lowest BCUT2D eigenvalue weighted by Gasteiger charge is -2.39. The van der Waals surface area contributed by atoms with Gasteiger partial charge in [-0.25, -0.2) is 4.79 Å². The lowest BCUT2D eigenvalue weighted by molar-refractivity contribution is 0.0526. The minimum absolute atomic E-state index is 0.0964. The number of nitrogens with zero attached hydrogens (tertiary/aromatic N) is 3. The van der Waals surface area contributed by atoms with Gasteiger partial charge in [0.15, 0.2) is 0 Å². The number of aromatic nitrogens is 1. The van der Waals surface area contributed by atoms with Crippen LogP contribution in [0.15, 0.2) is 89.6 Å². The van der Waals surface area contributed by atoms with Gasteiger partial charge in [0.2, 0.25) is 0 Å². The number of esters is 1. The molecule has 0 spiro atoms. The topological polar surface area (TPSA) is 88.3 Å². The number of benzene rings is 4. The van der Waals surface area contributed by atoms with Crippen molar-refractivity contribution in [3.05, 3.63) is 113 Å². The fraction of sp³-hybridized carbons (Fsp3) is 0.282. The Labute approximate surface area is 274 Å². The zero-order valence-electron chi connectivity index (χ0n) is 27.0. The van der Waals surface area contributed by atoms with Gasteiger partial charge in [0.1, 0.15) is 28.4 Å². The molecule has 0 amide bonds. The maximum Gasteiger partial charge on any atom is 0.342 e. The fourth-order valence-corrected chi connectivity index (χ4v) is 6.95. The van der Waals surface area contributed by atoms with Gasteiger partial charge in [-0.15, -0.1) is 0 Å². The van der Waals surface area contributed by atoms with E-state index in [4.69, 9.17) is 13.9 Å². The number of ether oxygens (including phenoxy) is 2. The molecule has 0 radical (unpaired) electrons. The zero-order valence-corrected chi connectivity index (χ0v) is 27.0. The Balaban J connectivity index is 1.36. The Morgan fingerprint density at radius 2 is 1.72 bits per heavy atom. The predicted molar refractivity (Wildman–Crippen MR) is 184 cm³/mol. The Morgan fingerprint density at radius 1 is 0.957 bits per heavy atom. The summed E-state index contributed by atoms with van der Waals surface area (Å²) in [7, 11) is 2.12. The minimum Gasteiger partial charge on any atom is -0.507 e. The van der Waals surface area contributed by atoms with Gasteiger partial charge in [0, 0.05) is 66.7 Å². The zero-order chi connectivity index (χ0) is 32.5. The highest BCUT2D eigenvalue weighted by Gasteiger charge is 2.35. The number of pyridine rings is 1. The molecule has 2 aromatic heterocycles. The van der Waals surface area contributed by atoms with Crippen molar-refractivity contribution >= 4 is 38.5 Å². The second-order valence-corrected chi connectivity index (χ2v) is 12.2. The second kappa shape index (κ2) is 13.1. The fourth-order valence-electron chi connectivity index (χ4n) is 6.95. The van der Waals surface area contributed by atoms with Gasteiger partial charge in [0.25, 0.3) is 0 Å². The number of hydrogen-bond donors (Lipinski definition) is 1. The number of piperazine rings is 1. The molecule has 1 unspecified atom stereocenters. The molecule has 1 aliphatic rings. The molecular weight excluding hydrogens is 590 g/mol. The highest BCUT2D eigenvalue weighted by molar-refractivity contribution is 6.17. The third-order valence-corrected chi connectivity index (χ3v) is 9.30. The first-order valence-electron chi connectivity index (χ1n) is 16.2. The van der Waals surface area contributed by atoms with E-state index in [0.717, 1.165) is 38.2 Å². The van der Waals surface area contributed by atoms with Crippen LogP contribution in [-0.2, 0) is 11.2 Å². The maximum absolute atomic E-state index is 13.5. The molecule has 0 aliphatic carbocycles. The van der Waals surface area contributed by atoms with Crippen LogP contribution in [-0.4, -0.2) is 72.3 Å². The van der Waals surface area contributed by atoms with Crippen molar-refractivity contribution in [1.82, 2.24) is 14.8 Å². The number of phenols is 1. The molecule has 1 saturated heterocycles. The molecule has 6 aromatic rings. The molecule has 1 fully saturated rings. The summed E-state index contributed by atoms with van der Waals surface area (Å²) in [4.78, 5) is 22.4. The number of hydrogen-bond acceptors (Lipinski definition) is 8. The summed E-state index contributed by atoms with van der Waals surface area (Å²) in [6.45, 7) is 7.59. The van der Waals surface area contributed by atoms with Gasteiger partial charge < -0.3 is 23.9 Å². The minimum atomic E-state index is -0.469. The summed E-state index contributed by atoms with van der Waals surface area (Å²) in [6, 6.07) is 24.0. The Kier molecular flexibility index (Phi) is 8.54. The molecule has 8 nitrogen and oxygen atoms in total. The van der Waals surface area contributed by atoms with E-state index in [1.807, 2.05) is 30.3 Å². The molecule has 3 heterocycles.